The highest BCUT2D eigenvalue weighted by Crippen LogP contribution is 2.11. The van der Waals surface area contributed by atoms with Crippen LogP contribution in [0.5, 0.6) is 0 Å². The van der Waals surface area contributed by atoms with Crippen LogP contribution in [0.4, 0.5) is 0 Å². The maximum absolute atomic E-state index is 11.4. The molecule has 1 aliphatic rings. The highest BCUT2D eigenvalue weighted by atomic mass is 16.5. The molecule has 0 aromatic carbocycles. The van der Waals surface area contributed by atoms with E-state index in [9.17, 15) is 4.79 Å². The van der Waals surface area contributed by atoms with Crippen LogP contribution in [-0.2, 0) is 9.53 Å². The van der Waals surface area contributed by atoms with Gasteiger partial charge < -0.3 is 10.1 Å². The van der Waals surface area contributed by atoms with Gasteiger partial charge >= 0.3 is 0 Å². The van der Waals surface area contributed by atoms with Crippen molar-refractivity contribution in [2.75, 3.05) is 19.8 Å². The van der Waals surface area contributed by atoms with Gasteiger partial charge in [0.1, 0.15) is 0 Å². The Morgan fingerprint density at radius 3 is 3.15 bits per heavy atom. The Labute approximate surface area is 77.9 Å². The summed E-state index contributed by atoms with van der Waals surface area (Å²) in [5.74, 6) is -0.114. The smallest absolute Gasteiger partial charge is 0.225 e. The van der Waals surface area contributed by atoms with Crippen molar-refractivity contribution in [2.45, 2.75) is 13.3 Å². The quantitative estimate of drug-likeness (QED) is 0.682. The lowest BCUT2D eigenvalue weighted by Gasteiger charge is -2.09. The van der Waals surface area contributed by atoms with Gasteiger partial charge in [-0.1, -0.05) is 0 Å². The van der Waals surface area contributed by atoms with Gasteiger partial charge in [-0.25, -0.2) is 0 Å². The molecule has 0 aromatic rings. The summed E-state index contributed by atoms with van der Waals surface area (Å²) in [5, 5.41) is 11.2. The number of nitriles is 1. The third-order valence-corrected chi connectivity index (χ3v) is 2.10. The van der Waals surface area contributed by atoms with Gasteiger partial charge in [-0.15, -0.1) is 0 Å². The van der Waals surface area contributed by atoms with Crippen LogP contribution in [0.15, 0.2) is 0 Å². The summed E-state index contributed by atoms with van der Waals surface area (Å²) in [7, 11) is 0. The Bertz CT molecular complexity index is 216. The average Bonchev–Trinajstić information content (AvgIpc) is 2.66. The molecule has 1 fully saturated rings. The van der Waals surface area contributed by atoms with E-state index in [1.807, 2.05) is 0 Å². The van der Waals surface area contributed by atoms with Crippen molar-refractivity contribution in [3.05, 3.63) is 0 Å². The number of nitrogens with one attached hydrogen (secondary N) is 1. The molecule has 0 radical (unpaired) electrons. The van der Waals surface area contributed by atoms with Crippen molar-refractivity contribution in [3.63, 3.8) is 0 Å². The summed E-state index contributed by atoms with van der Waals surface area (Å²) in [6.07, 6.45) is 0.798. The van der Waals surface area contributed by atoms with Crippen molar-refractivity contribution in [1.29, 1.82) is 5.26 Å². The Morgan fingerprint density at radius 1 is 1.85 bits per heavy atom. The van der Waals surface area contributed by atoms with Gasteiger partial charge in [0.2, 0.25) is 5.91 Å². The zero-order valence-electron chi connectivity index (χ0n) is 7.75. The van der Waals surface area contributed by atoms with Gasteiger partial charge in [0.05, 0.1) is 24.5 Å². The largest absolute Gasteiger partial charge is 0.381 e. The number of hydrogen-bond donors (Lipinski definition) is 1. The summed E-state index contributed by atoms with van der Waals surface area (Å²) < 4.78 is 5.09. The molecule has 1 saturated heterocycles. The minimum atomic E-state index is -0.119. The third-order valence-electron chi connectivity index (χ3n) is 2.10. The summed E-state index contributed by atoms with van der Waals surface area (Å²) in [5.41, 5.74) is 0. The molecule has 4 heteroatoms. The number of nitrogens with zero attached hydrogens (tertiary/aromatic N) is 1. The molecule has 0 bridgehead atoms. The van der Waals surface area contributed by atoms with Gasteiger partial charge in [-0.2, -0.15) is 5.26 Å². The molecule has 1 heterocycles. The van der Waals surface area contributed by atoms with Crippen molar-refractivity contribution in [3.8, 4) is 6.07 Å². The van der Waals surface area contributed by atoms with Crippen molar-refractivity contribution in [1.82, 2.24) is 5.32 Å². The van der Waals surface area contributed by atoms with Crippen LogP contribution < -0.4 is 5.32 Å². The van der Waals surface area contributed by atoms with E-state index in [1.54, 1.807) is 6.92 Å². The van der Waals surface area contributed by atoms with E-state index in [4.69, 9.17) is 10.00 Å². The second-order valence-electron chi connectivity index (χ2n) is 3.34. The SMILES string of the molecule is CC(C#N)CNC(=O)C1CCOC1. The molecule has 0 saturated carbocycles. The predicted octanol–water partition coefficient (Wildman–Crippen LogP) is 0.299. The lowest BCUT2D eigenvalue weighted by molar-refractivity contribution is -0.125. The first-order valence-electron chi connectivity index (χ1n) is 4.49. The van der Waals surface area contributed by atoms with Gasteiger partial charge in [0, 0.05) is 13.2 Å². The molecule has 72 valence electrons. The van der Waals surface area contributed by atoms with Crippen LogP contribution in [0.1, 0.15) is 13.3 Å². The molecular formula is C9H14N2O2. The molecule has 4 nitrogen and oxygen atoms in total. The van der Waals surface area contributed by atoms with Crippen molar-refractivity contribution < 1.29 is 9.53 Å². The van der Waals surface area contributed by atoms with E-state index >= 15 is 0 Å². The number of rotatable bonds is 3. The summed E-state index contributed by atoms with van der Waals surface area (Å²) in [6, 6.07) is 2.06. The Kier molecular flexibility index (Phi) is 3.71. The fourth-order valence-corrected chi connectivity index (χ4v) is 1.18. The van der Waals surface area contributed by atoms with E-state index in [-0.39, 0.29) is 17.7 Å². The summed E-state index contributed by atoms with van der Waals surface area (Å²) >= 11 is 0. The molecule has 0 spiro atoms. The molecule has 1 amide bonds. The number of hydrogen-bond acceptors (Lipinski definition) is 3. The predicted molar refractivity (Wildman–Crippen MR) is 46.7 cm³/mol. The molecule has 1 N–H and O–H groups in total. The second-order valence-corrected chi connectivity index (χ2v) is 3.34. The van der Waals surface area contributed by atoms with E-state index in [0.29, 0.717) is 19.8 Å². The van der Waals surface area contributed by atoms with E-state index in [0.717, 1.165) is 6.42 Å². The molecule has 2 atom stereocenters. The zero-order valence-corrected chi connectivity index (χ0v) is 7.75. The fourth-order valence-electron chi connectivity index (χ4n) is 1.18. The standard InChI is InChI=1S/C9H14N2O2/c1-7(4-10)5-11-9(12)8-2-3-13-6-8/h7-8H,2-3,5-6H2,1H3,(H,11,12). The first-order chi connectivity index (χ1) is 6.24. The number of amides is 1. The number of carbonyl (C=O) groups excluding carboxylic acids is 1. The second kappa shape index (κ2) is 4.83. The first-order valence-corrected chi connectivity index (χ1v) is 4.49. The van der Waals surface area contributed by atoms with Crippen molar-refractivity contribution in [2.24, 2.45) is 11.8 Å². The summed E-state index contributed by atoms with van der Waals surface area (Å²) in [6.45, 7) is 3.41. The van der Waals surface area contributed by atoms with Crippen LogP contribution in [0.3, 0.4) is 0 Å². The summed E-state index contributed by atoms with van der Waals surface area (Å²) in [4.78, 5) is 11.4. The molecule has 2 unspecified atom stereocenters. The highest BCUT2D eigenvalue weighted by molar-refractivity contribution is 5.78. The van der Waals surface area contributed by atoms with Crippen LogP contribution in [0, 0.1) is 23.2 Å². The highest BCUT2D eigenvalue weighted by Gasteiger charge is 2.23. The van der Waals surface area contributed by atoms with E-state index in [1.165, 1.54) is 0 Å². The van der Waals surface area contributed by atoms with Gasteiger partial charge in [-0.3, -0.25) is 4.79 Å². The lowest BCUT2D eigenvalue weighted by Crippen LogP contribution is -2.33. The van der Waals surface area contributed by atoms with Crippen LogP contribution >= 0.6 is 0 Å². The van der Waals surface area contributed by atoms with Gasteiger partial charge in [0.25, 0.3) is 0 Å². The first kappa shape index (κ1) is 10.0. The van der Waals surface area contributed by atoms with Gasteiger partial charge in [-0.05, 0) is 13.3 Å². The van der Waals surface area contributed by atoms with Gasteiger partial charge in [0.15, 0.2) is 0 Å². The van der Waals surface area contributed by atoms with E-state index < -0.39 is 0 Å². The Balaban J connectivity index is 2.21. The molecular weight excluding hydrogens is 168 g/mol. The molecule has 0 aliphatic carbocycles. The minimum Gasteiger partial charge on any atom is -0.381 e. The van der Waals surface area contributed by atoms with Crippen LogP contribution in [0.2, 0.25) is 0 Å². The maximum atomic E-state index is 11.4. The van der Waals surface area contributed by atoms with Crippen molar-refractivity contribution >= 4 is 5.91 Å². The lowest BCUT2D eigenvalue weighted by atomic mass is 10.1. The monoisotopic (exact) mass is 182 g/mol. The molecule has 1 rings (SSSR count). The number of carbonyl (C=O) groups is 1. The van der Waals surface area contributed by atoms with E-state index in [2.05, 4.69) is 11.4 Å². The maximum Gasteiger partial charge on any atom is 0.225 e. The normalized spacial score (nSPS) is 23.5. The number of ether oxygens (including phenoxy) is 1. The Morgan fingerprint density at radius 2 is 2.62 bits per heavy atom. The van der Waals surface area contributed by atoms with Crippen LogP contribution in [0.25, 0.3) is 0 Å². The average molecular weight is 182 g/mol. The van der Waals surface area contributed by atoms with Crippen LogP contribution in [-0.4, -0.2) is 25.7 Å². The topological polar surface area (TPSA) is 62.1 Å². The fraction of sp³-hybridized carbons (Fsp3) is 0.778. The zero-order chi connectivity index (χ0) is 9.68. The molecule has 0 aromatic heterocycles. The molecule has 1 aliphatic heterocycles. The minimum absolute atomic E-state index is 0.00843. The Hall–Kier alpha value is -1.08. The third kappa shape index (κ3) is 3.03. The molecule has 13 heavy (non-hydrogen) atoms.